The minimum absolute atomic E-state index is 0.0257. The molecule has 6 heteroatoms. The van der Waals surface area contributed by atoms with E-state index >= 15 is 0 Å². The molecule has 1 aromatic rings. The molecular formula is C17H24N2O3S. The lowest BCUT2D eigenvalue weighted by Crippen LogP contribution is -2.52. The van der Waals surface area contributed by atoms with Gasteiger partial charge in [0.1, 0.15) is 5.60 Å². The van der Waals surface area contributed by atoms with Gasteiger partial charge in [0.15, 0.2) is 0 Å². The van der Waals surface area contributed by atoms with Crippen molar-refractivity contribution >= 4 is 23.2 Å². The summed E-state index contributed by atoms with van der Waals surface area (Å²) in [5.74, 6) is -0.143. The summed E-state index contributed by atoms with van der Waals surface area (Å²) >= 11 is 1.50. The van der Waals surface area contributed by atoms with Gasteiger partial charge in [-0.25, -0.2) is 0 Å². The number of hydrogen-bond donors (Lipinski definition) is 2. The fourth-order valence-electron chi connectivity index (χ4n) is 3.51. The molecule has 1 aliphatic heterocycles. The lowest BCUT2D eigenvalue weighted by atomic mass is 9.97. The Morgan fingerprint density at radius 2 is 1.91 bits per heavy atom. The fraction of sp³-hybridized carbons (Fsp3) is 0.647. The summed E-state index contributed by atoms with van der Waals surface area (Å²) in [6.45, 7) is 3.20. The van der Waals surface area contributed by atoms with Gasteiger partial charge in [-0.05, 0) is 57.6 Å². The highest BCUT2D eigenvalue weighted by molar-refractivity contribution is 7.13. The van der Waals surface area contributed by atoms with Crippen molar-refractivity contribution in [2.24, 2.45) is 0 Å². The second-order valence-corrected chi connectivity index (χ2v) is 7.98. The van der Waals surface area contributed by atoms with Crippen molar-refractivity contribution in [3.8, 4) is 0 Å². The van der Waals surface area contributed by atoms with Gasteiger partial charge in [-0.2, -0.15) is 0 Å². The molecule has 2 heterocycles. The van der Waals surface area contributed by atoms with Gasteiger partial charge in [0.2, 0.25) is 0 Å². The zero-order valence-corrected chi connectivity index (χ0v) is 14.3. The molecule has 2 aliphatic rings. The molecule has 0 radical (unpaired) electrons. The van der Waals surface area contributed by atoms with Crippen LogP contribution in [0.15, 0.2) is 12.1 Å². The van der Waals surface area contributed by atoms with Crippen LogP contribution in [-0.4, -0.2) is 46.6 Å². The van der Waals surface area contributed by atoms with E-state index in [0.717, 1.165) is 35.4 Å². The Kier molecular flexibility index (Phi) is 4.73. The predicted octanol–water partition coefficient (Wildman–Crippen LogP) is 2.08. The number of hydrogen-bond acceptors (Lipinski definition) is 4. The van der Waals surface area contributed by atoms with E-state index in [-0.39, 0.29) is 17.9 Å². The van der Waals surface area contributed by atoms with Gasteiger partial charge < -0.3 is 15.3 Å². The van der Waals surface area contributed by atoms with Gasteiger partial charge in [-0.15, -0.1) is 11.3 Å². The van der Waals surface area contributed by atoms with Gasteiger partial charge in [0.25, 0.3) is 11.8 Å². The second-order valence-electron chi connectivity index (χ2n) is 6.69. The second kappa shape index (κ2) is 6.61. The zero-order chi connectivity index (χ0) is 16.4. The molecule has 1 saturated heterocycles. The summed E-state index contributed by atoms with van der Waals surface area (Å²) < 4.78 is 0. The number of nitrogens with zero attached hydrogens (tertiary/aromatic N) is 1. The predicted molar refractivity (Wildman–Crippen MR) is 89.5 cm³/mol. The van der Waals surface area contributed by atoms with Crippen LogP contribution in [0.25, 0.3) is 0 Å². The Morgan fingerprint density at radius 1 is 1.26 bits per heavy atom. The number of likely N-dealkylation sites (tertiary alicyclic amines) is 1. The van der Waals surface area contributed by atoms with Gasteiger partial charge in [-0.3, -0.25) is 9.59 Å². The number of piperidine rings is 1. The topological polar surface area (TPSA) is 69.6 Å². The van der Waals surface area contributed by atoms with Crippen LogP contribution < -0.4 is 5.32 Å². The fourth-order valence-corrected chi connectivity index (χ4v) is 4.28. The smallest absolute Gasteiger partial charge is 0.261 e. The van der Waals surface area contributed by atoms with E-state index in [9.17, 15) is 14.7 Å². The first-order valence-corrected chi connectivity index (χ1v) is 9.19. The molecule has 1 aliphatic carbocycles. The van der Waals surface area contributed by atoms with Crippen molar-refractivity contribution in [3.63, 3.8) is 0 Å². The quantitative estimate of drug-likeness (QED) is 0.888. The van der Waals surface area contributed by atoms with E-state index in [1.165, 1.54) is 11.3 Å². The lowest BCUT2D eigenvalue weighted by Gasteiger charge is -2.36. The van der Waals surface area contributed by atoms with Gasteiger partial charge in [0.05, 0.1) is 4.88 Å². The van der Waals surface area contributed by atoms with Crippen LogP contribution in [0.3, 0.4) is 0 Å². The van der Waals surface area contributed by atoms with Crippen LogP contribution in [0, 0.1) is 6.92 Å². The van der Waals surface area contributed by atoms with Crippen molar-refractivity contribution in [1.82, 2.24) is 10.2 Å². The number of aliphatic hydroxyl groups is 1. The molecule has 5 nitrogen and oxygen atoms in total. The monoisotopic (exact) mass is 336 g/mol. The highest BCUT2D eigenvalue weighted by Gasteiger charge is 2.42. The maximum atomic E-state index is 12.5. The summed E-state index contributed by atoms with van der Waals surface area (Å²) in [4.78, 5) is 28.3. The van der Waals surface area contributed by atoms with Gasteiger partial charge in [0, 0.05) is 24.0 Å². The normalized spacial score (nSPS) is 21.4. The Labute approximate surface area is 140 Å². The summed E-state index contributed by atoms with van der Waals surface area (Å²) in [7, 11) is 0. The van der Waals surface area contributed by atoms with Crippen molar-refractivity contribution in [2.45, 2.75) is 57.1 Å². The standard InChI is InChI=1S/C17H24N2O3S/c1-12-4-5-14(23-12)15(20)18-13-6-10-19(11-7-13)16(21)17(22)8-2-3-9-17/h4-5,13,22H,2-3,6-11H2,1H3,(H,18,20). The molecule has 1 aromatic heterocycles. The Bertz CT molecular complexity index is 584. The third-order valence-electron chi connectivity index (χ3n) is 4.91. The van der Waals surface area contributed by atoms with E-state index < -0.39 is 5.60 Å². The first kappa shape index (κ1) is 16.5. The van der Waals surface area contributed by atoms with Crippen molar-refractivity contribution in [1.29, 1.82) is 0 Å². The largest absolute Gasteiger partial charge is 0.380 e. The number of nitrogens with one attached hydrogen (secondary N) is 1. The molecular weight excluding hydrogens is 312 g/mol. The number of rotatable bonds is 3. The van der Waals surface area contributed by atoms with E-state index in [1.54, 1.807) is 4.90 Å². The Hall–Kier alpha value is -1.40. The number of amides is 2. The molecule has 126 valence electrons. The first-order chi connectivity index (χ1) is 11.0. The summed E-state index contributed by atoms with van der Waals surface area (Å²) in [6.07, 6.45) is 4.51. The van der Waals surface area contributed by atoms with Crippen LogP contribution in [0.2, 0.25) is 0 Å². The van der Waals surface area contributed by atoms with Gasteiger partial charge in [-0.1, -0.05) is 0 Å². The zero-order valence-electron chi connectivity index (χ0n) is 13.5. The SMILES string of the molecule is Cc1ccc(C(=O)NC2CCN(C(=O)C3(O)CCCC3)CC2)s1. The number of carbonyl (C=O) groups excluding carboxylic acids is 2. The summed E-state index contributed by atoms with van der Waals surface area (Å²) in [6, 6.07) is 3.90. The highest BCUT2D eigenvalue weighted by Crippen LogP contribution is 2.32. The van der Waals surface area contributed by atoms with Crippen molar-refractivity contribution in [3.05, 3.63) is 21.9 Å². The first-order valence-electron chi connectivity index (χ1n) is 8.37. The van der Waals surface area contributed by atoms with Crippen LogP contribution in [0.4, 0.5) is 0 Å². The Morgan fingerprint density at radius 3 is 2.48 bits per heavy atom. The molecule has 2 N–H and O–H groups in total. The third kappa shape index (κ3) is 3.58. The van der Waals surface area contributed by atoms with E-state index in [2.05, 4.69) is 5.32 Å². The average Bonchev–Trinajstić information content (AvgIpc) is 3.17. The molecule has 0 unspecified atom stereocenters. The minimum Gasteiger partial charge on any atom is -0.380 e. The average molecular weight is 336 g/mol. The summed E-state index contributed by atoms with van der Waals surface area (Å²) in [5.41, 5.74) is -1.13. The maximum Gasteiger partial charge on any atom is 0.261 e. The van der Waals surface area contributed by atoms with Crippen molar-refractivity contribution < 1.29 is 14.7 Å². The molecule has 0 spiro atoms. The molecule has 0 aromatic carbocycles. The van der Waals surface area contributed by atoms with E-state index in [1.807, 2.05) is 19.1 Å². The third-order valence-corrected chi connectivity index (χ3v) is 5.91. The maximum absolute atomic E-state index is 12.5. The molecule has 0 bridgehead atoms. The van der Waals surface area contributed by atoms with Gasteiger partial charge >= 0.3 is 0 Å². The molecule has 1 saturated carbocycles. The molecule has 23 heavy (non-hydrogen) atoms. The van der Waals surface area contributed by atoms with Crippen LogP contribution in [0.5, 0.6) is 0 Å². The number of thiophene rings is 1. The summed E-state index contributed by atoms with van der Waals surface area (Å²) in [5, 5.41) is 13.5. The number of aryl methyl sites for hydroxylation is 1. The lowest BCUT2D eigenvalue weighted by molar-refractivity contribution is -0.151. The van der Waals surface area contributed by atoms with E-state index in [4.69, 9.17) is 0 Å². The molecule has 0 atom stereocenters. The molecule has 2 amide bonds. The van der Waals surface area contributed by atoms with Crippen LogP contribution in [0.1, 0.15) is 53.1 Å². The van der Waals surface area contributed by atoms with Crippen LogP contribution >= 0.6 is 11.3 Å². The minimum atomic E-state index is -1.13. The van der Waals surface area contributed by atoms with Crippen LogP contribution in [-0.2, 0) is 4.79 Å². The number of carbonyl (C=O) groups is 2. The van der Waals surface area contributed by atoms with Crippen molar-refractivity contribution in [2.75, 3.05) is 13.1 Å². The highest BCUT2D eigenvalue weighted by atomic mass is 32.1. The molecule has 3 rings (SSSR count). The van der Waals surface area contributed by atoms with E-state index in [0.29, 0.717) is 25.9 Å². The Balaban J connectivity index is 1.50. The molecule has 2 fully saturated rings.